The summed E-state index contributed by atoms with van der Waals surface area (Å²) in [5, 5.41) is 10.4. The molecule has 1 heterocycles. The lowest BCUT2D eigenvalue weighted by atomic mass is 10.0. The molecule has 0 spiro atoms. The van der Waals surface area contributed by atoms with Crippen molar-refractivity contribution in [2.75, 3.05) is 18.0 Å². The molecule has 0 amide bonds. The molecule has 4 heteroatoms. The second kappa shape index (κ2) is 5.21. The summed E-state index contributed by atoms with van der Waals surface area (Å²) in [6.07, 6.45) is 5.07. The molecule has 1 aromatic rings. The van der Waals surface area contributed by atoms with Gasteiger partial charge in [-0.1, -0.05) is 0 Å². The van der Waals surface area contributed by atoms with Gasteiger partial charge in [-0.05, 0) is 55.5 Å². The van der Waals surface area contributed by atoms with Crippen molar-refractivity contribution in [1.29, 1.82) is 0 Å². The Labute approximate surface area is 107 Å². The van der Waals surface area contributed by atoms with E-state index in [2.05, 4.69) is 17.9 Å². The molecule has 0 unspecified atom stereocenters. The number of benzene rings is 1. The SMILES string of the molecule is Cc1cc(N2CCCC2)c(C)cc1C=C[N+](=O)[O-]. The molecule has 0 N–H and O–H groups in total. The van der Waals surface area contributed by atoms with E-state index in [1.165, 1.54) is 24.1 Å². The minimum absolute atomic E-state index is 0.427. The first-order chi connectivity index (χ1) is 8.58. The van der Waals surface area contributed by atoms with E-state index in [1.807, 2.05) is 13.0 Å². The highest BCUT2D eigenvalue weighted by Crippen LogP contribution is 2.27. The van der Waals surface area contributed by atoms with Crippen LogP contribution in [0.15, 0.2) is 18.3 Å². The molecule has 1 fully saturated rings. The minimum atomic E-state index is -0.427. The first-order valence-electron chi connectivity index (χ1n) is 6.26. The lowest BCUT2D eigenvalue weighted by Gasteiger charge is -2.21. The summed E-state index contributed by atoms with van der Waals surface area (Å²) in [5.41, 5.74) is 4.46. The Balaban J connectivity index is 2.31. The topological polar surface area (TPSA) is 46.4 Å². The van der Waals surface area contributed by atoms with Gasteiger partial charge >= 0.3 is 0 Å². The lowest BCUT2D eigenvalue weighted by Crippen LogP contribution is -2.18. The van der Waals surface area contributed by atoms with E-state index in [0.29, 0.717) is 0 Å². The molecular formula is C14H18N2O2. The average molecular weight is 246 g/mol. The van der Waals surface area contributed by atoms with Gasteiger partial charge in [0, 0.05) is 24.9 Å². The van der Waals surface area contributed by atoms with E-state index in [1.54, 1.807) is 6.08 Å². The maximum atomic E-state index is 10.4. The Morgan fingerprint density at radius 3 is 2.50 bits per heavy atom. The fourth-order valence-corrected chi connectivity index (χ4v) is 2.44. The summed E-state index contributed by atoms with van der Waals surface area (Å²) < 4.78 is 0. The molecule has 0 bridgehead atoms. The van der Waals surface area contributed by atoms with Crippen LogP contribution in [0.4, 0.5) is 5.69 Å². The van der Waals surface area contributed by atoms with Gasteiger partial charge in [0.15, 0.2) is 0 Å². The summed E-state index contributed by atoms with van der Waals surface area (Å²) in [4.78, 5) is 12.3. The van der Waals surface area contributed by atoms with Gasteiger partial charge in [0.1, 0.15) is 0 Å². The van der Waals surface area contributed by atoms with Gasteiger partial charge in [0.2, 0.25) is 6.20 Å². The smallest absolute Gasteiger partial charge is 0.235 e. The number of hydrogen-bond donors (Lipinski definition) is 0. The zero-order chi connectivity index (χ0) is 13.1. The van der Waals surface area contributed by atoms with E-state index in [4.69, 9.17) is 0 Å². The van der Waals surface area contributed by atoms with Crippen molar-refractivity contribution in [3.63, 3.8) is 0 Å². The van der Waals surface area contributed by atoms with Crippen LogP contribution < -0.4 is 4.90 Å². The van der Waals surface area contributed by atoms with Crippen LogP contribution in [0, 0.1) is 24.0 Å². The molecule has 1 aliphatic heterocycles. The number of anilines is 1. The predicted octanol–water partition coefficient (Wildman–Crippen LogP) is 3.15. The van der Waals surface area contributed by atoms with Gasteiger partial charge < -0.3 is 4.90 Å². The van der Waals surface area contributed by atoms with Gasteiger partial charge in [-0.25, -0.2) is 0 Å². The fraction of sp³-hybridized carbons (Fsp3) is 0.429. The van der Waals surface area contributed by atoms with Crippen LogP contribution >= 0.6 is 0 Å². The summed E-state index contributed by atoms with van der Waals surface area (Å²) in [6, 6.07) is 4.17. The van der Waals surface area contributed by atoms with E-state index >= 15 is 0 Å². The highest BCUT2D eigenvalue weighted by molar-refractivity contribution is 5.64. The van der Waals surface area contributed by atoms with Gasteiger partial charge in [0.05, 0.1) is 4.92 Å². The molecule has 1 saturated heterocycles. The van der Waals surface area contributed by atoms with Crippen LogP contribution in [-0.4, -0.2) is 18.0 Å². The highest BCUT2D eigenvalue weighted by atomic mass is 16.6. The number of aryl methyl sites for hydroxylation is 2. The van der Waals surface area contributed by atoms with Crippen LogP contribution in [0.25, 0.3) is 6.08 Å². The van der Waals surface area contributed by atoms with E-state index in [9.17, 15) is 10.1 Å². The molecule has 0 radical (unpaired) electrons. The van der Waals surface area contributed by atoms with Crippen LogP contribution in [0.3, 0.4) is 0 Å². The molecular weight excluding hydrogens is 228 g/mol. The zero-order valence-corrected chi connectivity index (χ0v) is 10.8. The molecule has 18 heavy (non-hydrogen) atoms. The average Bonchev–Trinajstić information content (AvgIpc) is 2.83. The van der Waals surface area contributed by atoms with Crippen LogP contribution in [0.1, 0.15) is 29.5 Å². The maximum absolute atomic E-state index is 10.4. The normalized spacial score (nSPS) is 15.6. The quantitative estimate of drug-likeness (QED) is 0.608. The van der Waals surface area contributed by atoms with Crippen molar-refractivity contribution >= 4 is 11.8 Å². The van der Waals surface area contributed by atoms with Crippen molar-refractivity contribution in [3.05, 3.63) is 45.1 Å². The molecule has 2 rings (SSSR count). The van der Waals surface area contributed by atoms with E-state index < -0.39 is 4.92 Å². The van der Waals surface area contributed by atoms with E-state index in [0.717, 1.165) is 30.4 Å². The Hall–Kier alpha value is -1.84. The highest BCUT2D eigenvalue weighted by Gasteiger charge is 2.15. The van der Waals surface area contributed by atoms with Gasteiger partial charge in [0.25, 0.3) is 0 Å². The monoisotopic (exact) mass is 246 g/mol. The molecule has 0 atom stereocenters. The van der Waals surface area contributed by atoms with Crippen LogP contribution in [-0.2, 0) is 0 Å². The van der Waals surface area contributed by atoms with Crippen molar-refractivity contribution in [2.45, 2.75) is 26.7 Å². The largest absolute Gasteiger partial charge is 0.371 e. The first kappa shape index (κ1) is 12.6. The summed E-state index contributed by atoms with van der Waals surface area (Å²) in [6.45, 7) is 6.30. The van der Waals surface area contributed by atoms with Crippen LogP contribution in [0.5, 0.6) is 0 Å². The summed E-state index contributed by atoms with van der Waals surface area (Å²) in [5.74, 6) is 0. The van der Waals surface area contributed by atoms with Crippen molar-refractivity contribution in [3.8, 4) is 0 Å². The van der Waals surface area contributed by atoms with Gasteiger partial charge in [-0.15, -0.1) is 0 Å². The Bertz CT molecular complexity index is 489. The first-order valence-corrected chi connectivity index (χ1v) is 6.26. The number of hydrogen-bond acceptors (Lipinski definition) is 3. The maximum Gasteiger partial charge on any atom is 0.235 e. The number of nitrogens with zero attached hydrogens (tertiary/aromatic N) is 2. The van der Waals surface area contributed by atoms with Crippen LogP contribution in [0.2, 0.25) is 0 Å². The van der Waals surface area contributed by atoms with Gasteiger partial charge in [-0.2, -0.15) is 0 Å². The minimum Gasteiger partial charge on any atom is -0.371 e. The lowest BCUT2D eigenvalue weighted by molar-refractivity contribution is -0.400. The molecule has 0 aliphatic carbocycles. The van der Waals surface area contributed by atoms with Crippen molar-refractivity contribution in [1.82, 2.24) is 0 Å². The molecule has 0 aromatic heterocycles. The zero-order valence-electron chi connectivity index (χ0n) is 10.8. The molecule has 0 saturated carbocycles. The third kappa shape index (κ3) is 2.70. The second-order valence-corrected chi connectivity index (χ2v) is 4.79. The van der Waals surface area contributed by atoms with Crippen molar-refractivity contribution < 1.29 is 4.92 Å². The number of rotatable bonds is 3. The molecule has 1 aromatic carbocycles. The van der Waals surface area contributed by atoms with E-state index in [-0.39, 0.29) is 0 Å². The fourth-order valence-electron chi connectivity index (χ4n) is 2.44. The Morgan fingerprint density at radius 1 is 1.22 bits per heavy atom. The predicted molar refractivity (Wildman–Crippen MR) is 73.4 cm³/mol. The Morgan fingerprint density at radius 2 is 1.89 bits per heavy atom. The Kier molecular flexibility index (Phi) is 3.65. The third-order valence-corrected chi connectivity index (χ3v) is 3.41. The second-order valence-electron chi connectivity index (χ2n) is 4.79. The summed E-state index contributed by atoms with van der Waals surface area (Å²) in [7, 11) is 0. The number of nitro groups is 1. The van der Waals surface area contributed by atoms with Gasteiger partial charge in [-0.3, -0.25) is 10.1 Å². The standard InChI is InChI=1S/C14H18N2O2/c1-11-10-14(15-6-3-4-7-15)12(2)9-13(11)5-8-16(17)18/h5,8-10H,3-4,6-7H2,1-2H3. The molecule has 1 aliphatic rings. The summed E-state index contributed by atoms with van der Waals surface area (Å²) >= 11 is 0. The van der Waals surface area contributed by atoms with Crippen molar-refractivity contribution in [2.24, 2.45) is 0 Å². The third-order valence-electron chi connectivity index (χ3n) is 3.41. The molecule has 4 nitrogen and oxygen atoms in total. The molecule has 96 valence electrons.